The fourth-order valence-corrected chi connectivity index (χ4v) is 2.47. The number of fused-ring (bicyclic) bond motifs is 1. The molecular weight excluding hydrogens is 295 g/mol. The van der Waals surface area contributed by atoms with E-state index >= 15 is 0 Å². The zero-order valence-corrected chi connectivity index (χ0v) is 11.6. The van der Waals surface area contributed by atoms with Gasteiger partial charge in [0.15, 0.2) is 5.65 Å². The number of rotatable bonds is 1. The first-order valence-electron chi connectivity index (χ1n) is 5.95. The molecule has 0 saturated carbocycles. The lowest BCUT2D eigenvalue weighted by Crippen LogP contribution is -2.00. The fourth-order valence-electron chi connectivity index (χ4n) is 2.21. The Balaban J connectivity index is 2.36. The number of aromatic nitrogens is 3. The van der Waals surface area contributed by atoms with Gasteiger partial charge in [-0.25, -0.2) is 8.91 Å². The molecule has 0 radical (unpaired) electrons. The van der Waals surface area contributed by atoms with Gasteiger partial charge >= 0.3 is 0 Å². The molecule has 3 rings (SSSR count). The van der Waals surface area contributed by atoms with Crippen LogP contribution in [0.5, 0.6) is 5.88 Å². The molecule has 0 amide bonds. The predicted molar refractivity (Wildman–Crippen MR) is 74.5 cm³/mol. The Morgan fingerprint density at radius 1 is 1.43 bits per heavy atom. The smallest absolute Gasteiger partial charge is 0.222 e. The molecule has 1 aromatic carbocycles. The Morgan fingerprint density at radius 3 is 2.86 bits per heavy atom. The van der Waals surface area contributed by atoms with Crippen LogP contribution in [0.15, 0.2) is 24.4 Å². The van der Waals surface area contributed by atoms with Crippen LogP contribution in [0.1, 0.15) is 11.3 Å². The quantitative estimate of drug-likeness (QED) is 0.749. The highest BCUT2D eigenvalue weighted by Crippen LogP contribution is 2.36. The zero-order valence-electron chi connectivity index (χ0n) is 10.8. The normalized spacial score (nSPS) is 10.8. The van der Waals surface area contributed by atoms with Gasteiger partial charge in [-0.2, -0.15) is 15.3 Å². The average molecular weight is 303 g/mol. The van der Waals surface area contributed by atoms with Gasteiger partial charge in [0.2, 0.25) is 5.88 Å². The summed E-state index contributed by atoms with van der Waals surface area (Å²) in [6.07, 6.45) is 1.37. The lowest BCUT2D eigenvalue weighted by molar-refractivity contribution is 0.455. The summed E-state index contributed by atoms with van der Waals surface area (Å²) in [6, 6.07) is 5.81. The minimum Gasteiger partial charge on any atom is -0.493 e. The lowest BCUT2D eigenvalue weighted by Gasteiger charge is -2.11. The summed E-state index contributed by atoms with van der Waals surface area (Å²) >= 11 is 6.03. The average Bonchev–Trinajstić information content (AvgIpc) is 2.84. The molecule has 0 atom stereocenters. The van der Waals surface area contributed by atoms with Gasteiger partial charge in [-0.1, -0.05) is 11.6 Å². The highest BCUT2D eigenvalue weighted by atomic mass is 35.5. The zero-order chi connectivity index (χ0) is 15.1. The Bertz CT molecular complexity index is 913. The maximum Gasteiger partial charge on any atom is 0.222 e. The van der Waals surface area contributed by atoms with Crippen molar-refractivity contribution in [2.24, 2.45) is 0 Å². The number of halogens is 2. The van der Waals surface area contributed by atoms with Crippen LogP contribution < -0.4 is 0 Å². The van der Waals surface area contributed by atoms with Crippen LogP contribution >= 0.6 is 11.6 Å². The van der Waals surface area contributed by atoms with Crippen LogP contribution in [0.25, 0.3) is 16.8 Å². The third-order valence-corrected chi connectivity index (χ3v) is 3.49. The van der Waals surface area contributed by atoms with E-state index in [4.69, 9.17) is 16.9 Å². The van der Waals surface area contributed by atoms with E-state index in [0.29, 0.717) is 16.8 Å². The first-order chi connectivity index (χ1) is 10.0. The van der Waals surface area contributed by atoms with Gasteiger partial charge in [-0.05, 0) is 25.1 Å². The molecule has 2 aromatic heterocycles. The van der Waals surface area contributed by atoms with Gasteiger partial charge < -0.3 is 5.11 Å². The van der Waals surface area contributed by atoms with Crippen molar-refractivity contribution in [2.45, 2.75) is 6.92 Å². The summed E-state index contributed by atoms with van der Waals surface area (Å²) < 4.78 is 14.6. The summed E-state index contributed by atoms with van der Waals surface area (Å²) in [5.41, 5.74) is 1.85. The van der Waals surface area contributed by atoms with Crippen LogP contribution in [0.4, 0.5) is 4.39 Å². The van der Waals surface area contributed by atoms with E-state index < -0.39 is 5.82 Å². The second kappa shape index (κ2) is 4.72. The molecule has 0 bridgehead atoms. The van der Waals surface area contributed by atoms with Crippen LogP contribution in [0.2, 0.25) is 5.02 Å². The first kappa shape index (κ1) is 13.3. The first-order valence-corrected chi connectivity index (χ1v) is 6.33. The molecule has 1 N–H and O–H groups in total. The molecule has 21 heavy (non-hydrogen) atoms. The Hall–Kier alpha value is -2.65. The van der Waals surface area contributed by atoms with Crippen molar-refractivity contribution in [1.82, 2.24) is 14.6 Å². The number of benzene rings is 1. The van der Waals surface area contributed by atoms with E-state index in [1.54, 1.807) is 6.92 Å². The van der Waals surface area contributed by atoms with Crippen LogP contribution in [-0.2, 0) is 0 Å². The maximum atomic E-state index is 13.2. The van der Waals surface area contributed by atoms with Gasteiger partial charge in [0.1, 0.15) is 17.4 Å². The van der Waals surface area contributed by atoms with Crippen molar-refractivity contribution >= 4 is 17.2 Å². The van der Waals surface area contributed by atoms with Crippen LogP contribution in [0.3, 0.4) is 0 Å². The highest BCUT2D eigenvalue weighted by Gasteiger charge is 2.18. The molecule has 0 aliphatic heterocycles. The van der Waals surface area contributed by atoms with E-state index in [9.17, 15) is 9.50 Å². The Kier molecular flexibility index (Phi) is 3.00. The molecule has 0 unspecified atom stereocenters. The van der Waals surface area contributed by atoms with E-state index in [1.165, 1.54) is 22.8 Å². The SMILES string of the molecule is Cc1c(-c2ccc(F)cc2Cl)c(O)nc2c(C#N)cnn12. The van der Waals surface area contributed by atoms with Crippen molar-refractivity contribution in [3.63, 3.8) is 0 Å². The minimum absolute atomic E-state index is 0.155. The number of hydrogen-bond donors (Lipinski definition) is 1. The summed E-state index contributed by atoms with van der Waals surface area (Å²) in [6.45, 7) is 1.71. The van der Waals surface area contributed by atoms with E-state index in [0.717, 1.165) is 6.07 Å². The summed E-state index contributed by atoms with van der Waals surface area (Å²) in [4.78, 5) is 3.99. The molecule has 2 heterocycles. The predicted octanol–water partition coefficient (Wildman–Crippen LogP) is 3.07. The summed E-state index contributed by atoms with van der Waals surface area (Å²) in [7, 11) is 0. The van der Waals surface area contributed by atoms with Crippen LogP contribution in [-0.4, -0.2) is 19.7 Å². The second-order valence-electron chi connectivity index (χ2n) is 4.43. The number of aryl methyl sites for hydroxylation is 1. The molecule has 0 aliphatic rings. The maximum absolute atomic E-state index is 13.2. The number of nitrogens with zero attached hydrogens (tertiary/aromatic N) is 4. The summed E-state index contributed by atoms with van der Waals surface area (Å²) in [5.74, 6) is -0.758. The summed E-state index contributed by atoms with van der Waals surface area (Å²) in [5, 5.41) is 23.4. The van der Waals surface area contributed by atoms with Crippen molar-refractivity contribution < 1.29 is 9.50 Å². The third-order valence-electron chi connectivity index (χ3n) is 3.18. The number of hydrogen-bond acceptors (Lipinski definition) is 4. The molecule has 5 nitrogen and oxygen atoms in total. The topological polar surface area (TPSA) is 74.2 Å². The van der Waals surface area contributed by atoms with E-state index in [2.05, 4.69) is 10.1 Å². The van der Waals surface area contributed by atoms with Crippen molar-refractivity contribution in [1.29, 1.82) is 5.26 Å². The Labute approximate surface area is 123 Å². The van der Waals surface area contributed by atoms with Crippen molar-refractivity contribution in [3.8, 4) is 23.1 Å². The molecule has 3 aromatic rings. The molecule has 0 saturated heterocycles. The molecule has 0 spiro atoms. The van der Waals surface area contributed by atoms with E-state index in [1.807, 2.05) is 6.07 Å². The molecule has 104 valence electrons. The molecular formula is C14H8ClFN4O. The Morgan fingerprint density at radius 2 is 2.19 bits per heavy atom. The van der Waals surface area contributed by atoms with E-state index in [-0.39, 0.29) is 22.1 Å². The lowest BCUT2D eigenvalue weighted by atomic mass is 10.1. The van der Waals surface area contributed by atoms with Gasteiger partial charge in [0.05, 0.1) is 22.5 Å². The van der Waals surface area contributed by atoms with Crippen LogP contribution in [0, 0.1) is 24.1 Å². The highest BCUT2D eigenvalue weighted by molar-refractivity contribution is 6.33. The van der Waals surface area contributed by atoms with Gasteiger partial charge in [0, 0.05) is 5.56 Å². The molecule has 0 aliphatic carbocycles. The third kappa shape index (κ3) is 1.99. The van der Waals surface area contributed by atoms with Gasteiger partial charge in [-0.15, -0.1) is 0 Å². The largest absolute Gasteiger partial charge is 0.493 e. The second-order valence-corrected chi connectivity index (χ2v) is 4.83. The minimum atomic E-state index is -0.471. The monoisotopic (exact) mass is 302 g/mol. The number of nitriles is 1. The standard InChI is InChI=1S/C14H8ClFN4O/c1-7-12(10-3-2-9(16)4-11(10)15)14(21)19-13-8(5-17)6-18-20(7)13/h2-4,6H,1H3,(H,19,21). The molecule has 0 fully saturated rings. The van der Waals surface area contributed by atoms with Crippen molar-refractivity contribution in [2.75, 3.05) is 0 Å². The molecule has 7 heteroatoms. The fraction of sp³-hybridized carbons (Fsp3) is 0.0714. The van der Waals surface area contributed by atoms with Gasteiger partial charge in [-0.3, -0.25) is 0 Å². The van der Waals surface area contributed by atoms with Gasteiger partial charge in [0.25, 0.3) is 0 Å². The van der Waals surface area contributed by atoms with Crippen molar-refractivity contribution in [3.05, 3.63) is 46.5 Å². The number of aromatic hydroxyl groups is 1.